The number of hydrogen-bond donors (Lipinski definition) is 1. The number of halogens is 1. The van der Waals surface area contributed by atoms with E-state index in [1.165, 1.54) is 0 Å². The van der Waals surface area contributed by atoms with Gasteiger partial charge in [-0.25, -0.2) is 0 Å². The van der Waals surface area contributed by atoms with Gasteiger partial charge in [-0.05, 0) is 54.8 Å². The highest BCUT2D eigenvalue weighted by molar-refractivity contribution is 6.30. The van der Waals surface area contributed by atoms with Crippen LogP contribution in [0.2, 0.25) is 5.02 Å². The number of benzene rings is 3. The van der Waals surface area contributed by atoms with Crippen molar-refractivity contribution in [3.63, 3.8) is 0 Å². The zero-order valence-electron chi connectivity index (χ0n) is 17.0. The molecule has 4 aromatic rings. The lowest BCUT2D eigenvalue weighted by Crippen LogP contribution is -2.23. The van der Waals surface area contributed by atoms with E-state index in [1.54, 1.807) is 0 Å². The van der Waals surface area contributed by atoms with Crippen LogP contribution < -0.4 is 5.32 Å². The van der Waals surface area contributed by atoms with E-state index in [-0.39, 0.29) is 5.91 Å². The second kappa shape index (κ2) is 8.60. The van der Waals surface area contributed by atoms with E-state index in [4.69, 9.17) is 11.6 Å². The highest BCUT2D eigenvalue weighted by Crippen LogP contribution is 2.31. The van der Waals surface area contributed by atoms with Crippen molar-refractivity contribution >= 4 is 17.5 Å². The monoisotopic (exact) mass is 414 g/mol. The summed E-state index contributed by atoms with van der Waals surface area (Å²) in [6, 6.07) is 27.8. The van der Waals surface area contributed by atoms with Crippen LogP contribution in [0.15, 0.2) is 84.9 Å². The molecule has 1 amide bonds. The lowest BCUT2D eigenvalue weighted by atomic mass is 10.1. The van der Waals surface area contributed by atoms with E-state index in [0.717, 1.165) is 33.8 Å². The molecule has 0 radical (unpaired) electrons. The molecule has 30 heavy (non-hydrogen) atoms. The minimum absolute atomic E-state index is 0.0844. The Morgan fingerprint density at radius 1 is 0.900 bits per heavy atom. The van der Waals surface area contributed by atoms with Crippen molar-refractivity contribution in [1.82, 2.24) is 9.88 Å². The van der Waals surface area contributed by atoms with Gasteiger partial charge in [0.2, 0.25) is 0 Å². The molecular weight excluding hydrogens is 392 g/mol. The average molecular weight is 415 g/mol. The molecule has 1 aromatic heterocycles. The van der Waals surface area contributed by atoms with Gasteiger partial charge in [0, 0.05) is 22.9 Å². The first kappa shape index (κ1) is 20.0. The van der Waals surface area contributed by atoms with Crippen LogP contribution in [0.25, 0.3) is 16.9 Å². The fourth-order valence-corrected chi connectivity index (χ4v) is 3.79. The van der Waals surface area contributed by atoms with Crippen molar-refractivity contribution in [1.29, 1.82) is 0 Å². The predicted octanol–water partition coefficient (Wildman–Crippen LogP) is 6.34. The molecule has 0 unspecified atom stereocenters. The summed E-state index contributed by atoms with van der Waals surface area (Å²) in [5.41, 5.74) is 6.81. The van der Waals surface area contributed by atoms with Gasteiger partial charge >= 0.3 is 0 Å². The summed E-state index contributed by atoms with van der Waals surface area (Å²) in [6.45, 7) is 4.56. The van der Waals surface area contributed by atoms with Crippen molar-refractivity contribution in [2.24, 2.45) is 0 Å². The molecule has 0 fully saturated rings. The van der Waals surface area contributed by atoms with Crippen molar-refractivity contribution in [3.05, 3.63) is 112 Å². The number of nitrogens with one attached hydrogen (secondary N) is 1. The second-order valence-electron chi connectivity index (χ2n) is 7.33. The lowest BCUT2D eigenvalue weighted by Gasteiger charge is -2.15. The van der Waals surface area contributed by atoms with Crippen LogP contribution in [-0.2, 0) is 6.54 Å². The Morgan fingerprint density at radius 3 is 2.27 bits per heavy atom. The molecule has 0 saturated heterocycles. The van der Waals surface area contributed by atoms with Crippen LogP contribution in [0, 0.1) is 13.8 Å². The zero-order chi connectivity index (χ0) is 21.1. The maximum atomic E-state index is 13.1. The number of nitrogens with zero attached hydrogens (tertiary/aromatic N) is 1. The summed E-state index contributed by atoms with van der Waals surface area (Å²) in [6.07, 6.45) is 0. The van der Waals surface area contributed by atoms with Crippen LogP contribution in [0.3, 0.4) is 0 Å². The molecule has 0 spiro atoms. The molecular formula is C26H23ClN2O. The largest absolute Gasteiger partial charge is 0.348 e. The first-order chi connectivity index (χ1) is 14.5. The third-order valence-electron chi connectivity index (χ3n) is 5.28. The molecule has 1 N–H and O–H groups in total. The standard InChI is InChI=1S/C26H23ClN2O/c1-18-8-6-7-11-24(18)29-19(2)23(16-25(29)21-12-14-22(27)15-13-21)26(30)28-17-20-9-4-3-5-10-20/h3-16H,17H2,1-2H3,(H,28,30). The van der Waals surface area contributed by atoms with Crippen LogP contribution in [0.1, 0.15) is 27.2 Å². The molecule has 4 heteroatoms. The second-order valence-corrected chi connectivity index (χ2v) is 7.76. The fraction of sp³-hybridized carbons (Fsp3) is 0.115. The Hall–Kier alpha value is -3.30. The third kappa shape index (κ3) is 4.03. The summed E-state index contributed by atoms with van der Waals surface area (Å²) in [5, 5.41) is 3.74. The van der Waals surface area contributed by atoms with E-state index >= 15 is 0 Å². The summed E-state index contributed by atoms with van der Waals surface area (Å²) < 4.78 is 2.15. The Labute approximate surface area is 181 Å². The summed E-state index contributed by atoms with van der Waals surface area (Å²) in [4.78, 5) is 13.1. The van der Waals surface area contributed by atoms with Gasteiger partial charge in [0.1, 0.15) is 0 Å². The van der Waals surface area contributed by atoms with Gasteiger partial charge in [-0.2, -0.15) is 0 Å². The molecule has 0 aliphatic rings. The minimum atomic E-state index is -0.0844. The van der Waals surface area contributed by atoms with Gasteiger partial charge in [-0.3, -0.25) is 4.79 Å². The number of carbonyl (C=O) groups excluding carboxylic acids is 1. The van der Waals surface area contributed by atoms with E-state index < -0.39 is 0 Å². The summed E-state index contributed by atoms with van der Waals surface area (Å²) in [5.74, 6) is -0.0844. The van der Waals surface area contributed by atoms with Crippen LogP contribution >= 0.6 is 11.6 Å². The molecule has 1 heterocycles. The first-order valence-electron chi connectivity index (χ1n) is 9.91. The Balaban J connectivity index is 1.77. The third-order valence-corrected chi connectivity index (χ3v) is 5.54. The van der Waals surface area contributed by atoms with Gasteiger partial charge in [-0.15, -0.1) is 0 Å². The number of rotatable bonds is 5. The molecule has 0 aliphatic heterocycles. The van der Waals surface area contributed by atoms with Gasteiger partial charge in [0.15, 0.2) is 0 Å². The quantitative estimate of drug-likeness (QED) is 0.406. The summed E-state index contributed by atoms with van der Waals surface area (Å²) in [7, 11) is 0. The SMILES string of the molecule is Cc1ccccc1-n1c(-c2ccc(Cl)cc2)cc(C(=O)NCc2ccccc2)c1C. The Bertz CT molecular complexity index is 1180. The average Bonchev–Trinajstić information content (AvgIpc) is 3.11. The van der Waals surface area contributed by atoms with E-state index in [2.05, 4.69) is 28.9 Å². The first-order valence-corrected chi connectivity index (χ1v) is 10.3. The van der Waals surface area contributed by atoms with Crippen molar-refractivity contribution in [2.45, 2.75) is 20.4 Å². The van der Waals surface area contributed by atoms with Gasteiger partial charge in [0.05, 0.1) is 11.3 Å². The maximum absolute atomic E-state index is 13.1. The molecule has 0 atom stereocenters. The van der Waals surface area contributed by atoms with E-state index in [9.17, 15) is 4.79 Å². The number of amides is 1. The van der Waals surface area contributed by atoms with Crippen molar-refractivity contribution in [3.8, 4) is 16.9 Å². The number of para-hydroxylation sites is 1. The highest BCUT2D eigenvalue weighted by atomic mass is 35.5. The highest BCUT2D eigenvalue weighted by Gasteiger charge is 2.20. The molecule has 0 saturated carbocycles. The molecule has 3 nitrogen and oxygen atoms in total. The normalized spacial score (nSPS) is 10.8. The van der Waals surface area contributed by atoms with Crippen LogP contribution in [0.5, 0.6) is 0 Å². The minimum Gasteiger partial charge on any atom is -0.348 e. The predicted molar refractivity (Wildman–Crippen MR) is 123 cm³/mol. The molecule has 0 aliphatic carbocycles. The number of aryl methyl sites for hydroxylation is 1. The Morgan fingerprint density at radius 2 is 1.57 bits per heavy atom. The van der Waals surface area contributed by atoms with Crippen molar-refractivity contribution < 1.29 is 4.79 Å². The van der Waals surface area contributed by atoms with Gasteiger partial charge < -0.3 is 9.88 Å². The fourth-order valence-electron chi connectivity index (χ4n) is 3.67. The van der Waals surface area contributed by atoms with Gasteiger partial charge in [0.25, 0.3) is 5.91 Å². The smallest absolute Gasteiger partial charge is 0.253 e. The zero-order valence-corrected chi connectivity index (χ0v) is 17.8. The molecule has 0 bridgehead atoms. The Kier molecular flexibility index (Phi) is 5.73. The summed E-state index contributed by atoms with van der Waals surface area (Å²) >= 11 is 6.10. The maximum Gasteiger partial charge on any atom is 0.253 e. The van der Waals surface area contributed by atoms with Gasteiger partial charge in [-0.1, -0.05) is 72.3 Å². The van der Waals surface area contributed by atoms with Crippen molar-refractivity contribution in [2.75, 3.05) is 0 Å². The van der Waals surface area contributed by atoms with E-state index in [1.807, 2.05) is 79.7 Å². The number of carbonyl (C=O) groups is 1. The van der Waals surface area contributed by atoms with E-state index in [0.29, 0.717) is 17.1 Å². The topological polar surface area (TPSA) is 34.0 Å². The lowest BCUT2D eigenvalue weighted by molar-refractivity contribution is 0.0950. The van der Waals surface area contributed by atoms with Crippen LogP contribution in [0.4, 0.5) is 0 Å². The number of hydrogen-bond acceptors (Lipinski definition) is 1. The number of aromatic nitrogens is 1. The molecule has 3 aromatic carbocycles. The molecule has 4 rings (SSSR count). The van der Waals surface area contributed by atoms with Crippen LogP contribution in [-0.4, -0.2) is 10.5 Å². The molecule has 150 valence electrons.